The van der Waals surface area contributed by atoms with E-state index in [1.165, 1.54) is 37.3 Å². The molecule has 474 valence electrons. The number of hydrogen-bond acceptors (Lipinski definition) is 16. The third-order valence-corrected chi connectivity index (χ3v) is 13.6. The molecular weight excluding hydrogens is 1070 g/mol. The molecule has 0 spiro atoms. The molecule has 84 heavy (non-hydrogen) atoms. The van der Waals surface area contributed by atoms with E-state index in [0.717, 1.165) is 25.7 Å². The number of Topliss-reactive ketones (excluding diaryl/α,β-unsaturated/α-hetero) is 1. The van der Waals surface area contributed by atoms with Crippen molar-refractivity contribution in [2.75, 3.05) is 6.54 Å². The second-order valence-corrected chi connectivity index (χ2v) is 21.6. The minimum Gasteiger partial charge on any atom is -0.478 e. The zero-order valence-electron chi connectivity index (χ0n) is 50.0. The molecule has 0 heterocycles. The summed E-state index contributed by atoms with van der Waals surface area (Å²) in [5.41, 5.74) is 5.72. The van der Waals surface area contributed by atoms with Crippen molar-refractivity contribution in [1.29, 1.82) is 0 Å². The number of ketones is 1. The molecule has 0 saturated carbocycles. The summed E-state index contributed by atoms with van der Waals surface area (Å²) >= 11 is 0. The first-order valence-electron chi connectivity index (χ1n) is 29.6. The SMILES string of the molecule is C\C(=C/C=C/C=C/C=C/C=C/CC/C=C/[C@@H](C)[C@@H](O)[C@@H](C)[C@H](O)/C=C/C=C/C=C/C=C/C=C/C[C@H](O)[C@@H](C)C(=O)C[C@H](O)C[C@@H](O)C[C@H](O)/C=C/C[C@H](O)C[C@@H](O)C[C@@H](O)C[C@H](O)/C=C/C[C@H](O)/C=C/C[C@@H](O)C[C@@H](O)CCCCN)C(=O)O. The third-order valence-electron chi connectivity index (χ3n) is 13.6. The molecule has 0 rings (SSSR count). The van der Waals surface area contributed by atoms with Crippen LogP contribution < -0.4 is 5.73 Å². The van der Waals surface area contributed by atoms with Crippen LogP contribution in [0, 0.1) is 17.8 Å². The van der Waals surface area contributed by atoms with Gasteiger partial charge in [0.1, 0.15) is 5.78 Å². The lowest BCUT2D eigenvalue weighted by Crippen LogP contribution is -2.32. The molecule has 0 aliphatic heterocycles. The zero-order chi connectivity index (χ0) is 63.1. The second kappa shape index (κ2) is 50.1. The van der Waals surface area contributed by atoms with Crippen LogP contribution in [0.5, 0.6) is 0 Å². The molecule has 0 bridgehead atoms. The van der Waals surface area contributed by atoms with Gasteiger partial charge in [-0.15, -0.1) is 0 Å². The van der Waals surface area contributed by atoms with Gasteiger partial charge in [-0.05, 0) is 96.9 Å². The van der Waals surface area contributed by atoms with Crippen LogP contribution in [-0.4, -0.2) is 169 Å². The van der Waals surface area contributed by atoms with Crippen LogP contribution in [0.3, 0.4) is 0 Å². The first-order valence-corrected chi connectivity index (χ1v) is 29.6. The van der Waals surface area contributed by atoms with E-state index in [2.05, 4.69) is 0 Å². The van der Waals surface area contributed by atoms with Crippen molar-refractivity contribution in [3.8, 4) is 0 Å². The number of hydrogen-bond donors (Lipinski definition) is 15. The highest BCUT2D eigenvalue weighted by Crippen LogP contribution is 2.21. The highest BCUT2D eigenvalue weighted by molar-refractivity contribution is 5.86. The standard InChI is InChI=1S/C67H105NO16/c1-49(30-21-17-13-9-6-5-7-10-14-18-22-31-50(2)67(83)84)66(82)52(4)64(80)40-24-20-16-12-8-11-15-19-23-39-63(79)51(3)65(81)48-62(78)47-61(77)45-58(74)38-29-37-57(73)44-60(76)46-59(75)43-56(72)36-28-34-53(69)33-27-35-55(71)42-54(70)32-25-26-41-68/h5-12,14-16,18-24,27-31,33,36,38,40,49,51-64,66,69-80,82H,13,17,25-26,32,34-35,37,39,41-48,68H2,1-4H3,(H,83,84)/b7-5+,9-6+,12-8+,14-10+,15-11+,20-16+,22-18+,23-19+,30-21+,33-27+,36-28+,38-29+,40-24+,50-31+/t49-,51-,52+,53-,54+,55-,56-,57+,58-,59+,60-,61+,62-,63+,64-,66-/m1/s1. The van der Waals surface area contributed by atoms with Gasteiger partial charge in [0.15, 0.2) is 0 Å². The lowest BCUT2D eigenvalue weighted by atomic mass is 9.88. The maximum atomic E-state index is 12.8. The topological polar surface area (TPSA) is 343 Å². The largest absolute Gasteiger partial charge is 0.478 e. The van der Waals surface area contributed by atoms with Crippen molar-refractivity contribution < 1.29 is 81.1 Å². The molecule has 0 aliphatic carbocycles. The molecule has 0 saturated heterocycles. The predicted octanol–water partition coefficient (Wildman–Crippen LogP) is 6.62. The third kappa shape index (κ3) is 44.4. The summed E-state index contributed by atoms with van der Waals surface area (Å²) in [6.45, 7) is 7.36. The number of carboxylic acids is 1. The Labute approximate surface area is 500 Å². The Bertz CT molecular complexity index is 2170. The van der Waals surface area contributed by atoms with Gasteiger partial charge in [-0.1, -0.05) is 185 Å². The summed E-state index contributed by atoms with van der Waals surface area (Å²) in [5.74, 6) is -2.66. The van der Waals surface area contributed by atoms with Gasteiger partial charge in [0.2, 0.25) is 0 Å². The van der Waals surface area contributed by atoms with Crippen molar-refractivity contribution >= 4 is 11.8 Å². The molecule has 0 fully saturated rings. The lowest BCUT2D eigenvalue weighted by Gasteiger charge is -2.25. The van der Waals surface area contributed by atoms with Crippen LogP contribution in [0.25, 0.3) is 0 Å². The van der Waals surface area contributed by atoms with Crippen molar-refractivity contribution in [2.45, 2.75) is 210 Å². The minimum absolute atomic E-state index is 0.0531. The highest BCUT2D eigenvalue weighted by atomic mass is 16.4. The average molecular weight is 1180 g/mol. The highest BCUT2D eigenvalue weighted by Gasteiger charge is 2.26. The Morgan fingerprint density at radius 1 is 0.429 bits per heavy atom. The van der Waals surface area contributed by atoms with Crippen LogP contribution in [0.15, 0.2) is 170 Å². The molecule has 0 aromatic carbocycles. The molecule has 0 aliphatic rings. The maximum Gasteiger partial charge on any atom is 0.331 e. The Kier molecular flexibility index (Phi) is 47.1. The van der Waals surface area contributed by atoms with Gasteiger partial charge in [0, 0.05) is 42.6 Å². The van der Waals surface area contributed by atoms with E-state index in [4.69, 9.17) is 10.8 Å². The number of carbonyl (C=O) groups is 2. The van der Waals surface area contributed by atoms with E-state index in [0.29, 0.717) is 13.0 Å². The number of aliphatic hydroxyl groups is 13. The van der Waals surface area contributed by atoms with Crippen LogP contribution >= 0.6 is 0 Å². The summed E-state index contributed by atoms with van der Waals surface area (Å²) in [6.07, 6.45) is 38.0. The van der Waals surface area contributed by atoms with E-state index >= 15 is 0 Å². The van der Waals surface area contributed by atoms with Crippen molar-refractivity contribution in [2.24, 2.45) is 23.5 Å². The Hall–Kier alpha value is -5.06. The van der Waals surface area contributed by atoms with E-state index in [1.807, 2.05) is 55.5 Å². The summed E-state index contributed by atoms with van der Waals surface area (Å²) in [6, 6.07) is 0. The molecular formula is C67H105NO16. The number of aliphatic carboxylic acids is 1. The van der Waals surface area contributed by atoms with Gasteiger partial charge in [0.05, 0.1) is 79.4 Å². The summed E-state index contributed by atoms with van der Waals surface area (Å²) < 4.78 is 0. The lowest BCUT2D eigenvalue weighted by molar-refractivity contribution is -0.132. The van der Waals surface area contributed by atoms with Crippen LogP contribution in [0.4, 0.5) is 0 Å². The van der Waals surface area contributed by atoms with Gasteiger partial charge < -0.3 is 77.2 Å². The first-order chi connectivity index (χ1) is 40.0. The fourth-order valence-corrected chi connectivity index (χ4v) is 8.35. The Balaban J connectivity index is 4.50. The Morgan fingerprint density at radius 3 is 1.44 bits per heavy atom. The number of unbranched alkanes of at least 4 members (excludes halogenated alkanes) is 2. The van der Waals surface area contributed by atoms with Gasteiger partial charge >= 0.3 is 5.97 Å². The van der Waals surface area contributed by atoms with Crippen LogP contribution in [0.2, 0.25) is 0 Å². The van der Waals surface area contributed by atoms with Crippen LogP contribution in [-0.2, 0) is 9.59 Å². The fourth-order valence-electron chi connectivity index (χ4n) is 8.35. The predicted molar refractivity (Wildman–Crippen MR) is 334 cm³/mol. The molecule has 0 unspecified atom stereocenters. The quantitative estimate of drug-likeness (QED) is 0.0132. The zero-order valence-corrected chi connectivity index (χ0v) is 50.0. The van der Waals surface area contributed by atoms with Crippen LogP contribution in [0.1, 0.15) is 130 Å². The van der Waals surface area contributed by atoms with Gasteiger partial charge in [0.25, 0.3) is 0 Å². The number of rotatable bonds is 48. The molecule has 16 N–H and O–H groups in total. The second-order valence-electron chi connectivity index (χ2n) is 21.6. The van der Waals surface area contributed by atoms with Gasteiger partial charge in [-0.25, -0.2) is 4.79 Å². The average Bonchev–Trinajstić information content (AvgIpc) is 3.50. The smallest absolute Gasteiger partial charge is 0.331 e. The van der Waals surface area contributed by atoms with E-state index < -0.39 is 97.2 Å². The minimum atomic E-state index is -1.21. The molecule has 16 atom stereocenters. The summed E-state index contributed by atoms with van der Waals surface area (Å²) in [4.78, 5) is 23.6. The molecule has 0 aromatic heterocycles. The number of nitrogens with two attached hydrogens (primary N) is 1. The number of carbonyl (C=O) groups excluding carboxylic acids is 1. The molecule has 17 heteroatoms. The molecule has 0 aromatic rings. The maximum absolute atomic E-state index is 12.8. The van der Waals surface area contributed by atoms with Gasteiger partial charge in [-0.3, -0.25) is 4.79 Å². The summed E-state index contributed by atoms with van der Waals surface area (Å²) in [7, 11) is 0. The van der Waals surface area contributed by atoms with E-state index in [-0.39, 0.29) is 87.9 Å². The van der Waals surface area contributed by atoms with Crippen molar-refractivity contribution in [1.82, 2.24) is 0 Å². The van der Waals surface area contributed by atoms with Crippen molar-refractivity contribution in [3.63, 3.8) is 0 Å². The fraction of sp³-hybridized carbons (Fsp3) is 0.552. The number of carboxylic acid groups (broad SMARTS) is 1. The number of allylic oxidation sites excluding steroid dienone is 18. The molecule has 17 nitrogen and oxygen atoms in total. The number of aliphatic hydroxyl groups excluding tert-OH is 13. The van der Waals surface area contributed by atoms with E-state index in [9.17, 15) is 76.0 Å². The van der Waals surface area contributed by atoms with Gasteiger partial charge in [-0.2, -0.15) is 0 Å². The first kappa shape index (κ1) is 78.9. The monoisotopic (exact) mass is 1180 g/mol. The summed E-state index contributed by atoms with van der Waals surface area (Å²) in [5, 5.41) is 144. The molecule has 0 amide bonds. The molecule has 0 radical (unpaired) electrons. The van der Waals surface area contributed by atoms with E-state index in [1.54, 1.807) is 98.9 Å². The Morgan fingerprint density at radius 2 is 0.881 bits per heavy atom. The normalized spacial score (nSPS) is 19.4. The van der Waals surface area contributed by atoms with Crippen molar-refractivity contribution in [3.05, 3.63) is 170 Å².